The Hall–Kier alpha value is -3.60. The number of non-ortho nitro benzene ring substituents is 1. The third-order valence-electron chi connectivity index (χ3n) is 3.50. The van der Waals surface area contributed by atoms with Crippen LogP contribution in [0.4, 0.5) is 11.7 Å². The lowest BCUT2D eigenvalue weighted by Gasteiger charge is -2.03. The minimum Gasteiger partial charge on any atom is -0.403 e. The third kappa shape index (κ3) is 3.98. The van der Waals surface area contributed by atoms with E-state index in [0.717, 1.165) is 6.26 Å². The molecule has 0 atom stereocenters. The second-order valence-electron chi connectivity index (χ2n) is 5.44. The molecular weight excluding hydrogens is 376 g/mol. The topological polar surface area (TPSA) is 145 Å². The molecule has 0 spiro atoms. The maximum atomic E-state index is 12.2. The fourth-order valence-corrected chi connectivity index (χ4v) is 3.13. The number of nitro groups is 1. The van der Waals surface area contributed by atoms with Crippen molar-refractivity contribution in [2.24, 2.45) is 0 Å². The predicted molar refractivity (Wildman–Crippen MR) is 93.9 cm³/mol. The van der Waals surface area contributed by atoms with Crippen LogP contribution in [0.25, 0.3) is 11.5 Å². The summed E-state index contributed by atoms with van der Waals surface area (Å²) in [5.74, 6) is -0.688. The van der Waals surface area contributed by atoms with Gasteiger partial charge in [-0.15, -0.1) is 5.10 Å². The van der Waals surface area contributed by atoms with E-state index in [1.165, 1.54) is 36.4 Å². The average molecular weight is 388 g/mol. The highest BCUT2D eigenvalue weighted by atomic mass is 32.2. The number of rotatable bonds is 5. The van der Waals surface area contributed by atoms with E-state index in [0.29, 0.717) is 0 Å². The molecule has 0 unspecified atom stereocenters. The first-order valence-electron chi connectivity index (χ1n) is 7.44. The molecule has 0 saturated carbocycles. The van der Waals surface area contributed by atoms with Gasteiger partial charge in [-0.3, -0.25) is 20.2 Å². The summed E-state index contributed by atoms with van der Waals surface area (Å²) < 4.78 is 29.1. The first-order chi connectivity index (χ1) is 12.8. The summed E-state index contributed by atoms with van der Waals surface area (Å²) in [6.45, 7) is 0. The molecule has 138 valence electrons. The largest absolute Gasteiger partial charge is 0.403 e. The summed E-state index contributed by atoms with van der Waals surface area (Å²) in [6.07, 6.45) is 1.06. The zero-order chi connectivity index (χ0) is 19.6. The van der Waals surface area contributed by atoms with Crippen molar-refractivity contribution in [1.29, 1.82) is 0 Å². The van der Waals surface area contributed by atoms with Crippen LogP contribution < -0.4 is 5.32 Å². The highest BCUT2D eigenvalue weighted by Crippen LogP contribution is 2.27. The van der Waals surface area contributed by atoms with Crippen LogP contribution in [-0.4, -0.2) is 35.7 Å². The zero-order valence-corrected chi connectivity index (χ0v) is 14.6. The van der Waals surface area contributed by atoms with Gasteiger partial charge in [0.05, 0.1) is 15.4 Å². The first kappa shape index (κ1) is 18.2. The van der Waals surface area contributed by atoms with Crippen molar-refractivity contribution in [2.75, 3.05) is 11.6 Å². The van der Waals surface area contributed by atoms with Crippen molar-refractivity contribution < 1.29 is 22.6 Å². The minimum absolute atomic E-state index is 0.0156. The van der Waals surface area contributed by atoms with Crippen LogP contribution in [0.3, 0.4) is 0 Å². The van der Waals surface area contributed by atoms with Gasteiger partial charge in [0.25, 0.3) is 17.5 Å². The molecule has 1 N–H and O–H groups in total. The Morgan fingerprint density at radius 2 is 1.78 bits per heavy atom. The maximum Gasteiger partial charge on any atom is 0.322 e. The zero-order valence-electron chi connectivity index (χ0n) is 13.8. The van der Waals surface area contributed by atoms with E-state index in [1.54, 1.807) is 12.1 Å². The number of nitro benzene ring substituents is 1. The molecule has 0 aliphatic rings. The molecule has 0 aliphatic heterocycles. The van der Waals surface area contributed by atoms with E-state index in [-0.39, 0.29) is 33.6 Å². The third-order valence-corrected chi connectivity index (χ3v) is 4.66. The van der Waals surface area contributed by atoms with Crippen molar-refractivity contribution in [1.82, 2.24) is 10.2 Å². The van der Waals surface area contributed by atoms with Crippen LogP contribution >= 0.6 is 0 Å². The van der Waals surface area contributed by atoms with Crippen molar-refractivity contribution in [3.63, 3.8) is 0 Å². The summed E-state index contributed by atoms with van der Waals surface area (Å²) in [5, 5.41) is 20.4. The number of hydrogen-bond donors (Lipinski definition) is 1. The number of nitrogens with one attached hydrogen (secondary N) is 1. The van der Waals surface area contributed by atoms with Crippen LogP contribution in [0.15, 0.2) is 57.8 Å². The summed E-state index contributed by atoms with van der Waals surface area (Å²) in [6, 6.07) is 10.8. The Morgan fingerprint density at radius 1 is 1.11 bits per heavy atom. The van der Waals surface area contributed by atoms with Gasteiger partial charge in [-0.2, -0.15) is 0 Å². The molecule has 0 radical (unpaired) electrons. The SMILES string of the molecule is CS(=O)(=O)c1ccccc1-c1nnc(NC(=O)c2ccc([N+](=O)[O-])cc2)o1. The molecule has 3 rings (SSSR count). The molecule has 3 aromatic rings. The molecule has 0 aliphatic carbocycles. The van der Waals surface area contributed by atoms with Gasteiger partial charge in [0.15, 0.2) is 9.84 Å². The standard InChI is InChI=1S/C16H12N4O6S/c1-27(24,25)13-5-3-2-4-12(13)15-18-19-16(26-15)17-14(21)10-6-8-11(9-7-10)20(22)23/h2-9H,1H3,(H,17,19,21). The molecule has 1 aromatic heterocycles. The van der Waals surface area contributed by atoms with Crippen LogP contribution in [0.1, 0.15) is 10.4 Å². The van der Waals surface area contributed by atoms with E-state index in [9.17, 15) is 23.3 Å². The Bertz CT molecular complexity index is 1120. The molecule has 2 aromatic carbocycles. The maximum absolute atomic E-state index is 12.2. The van der Waals surface area contributed by atoms with Gasteiger partial charge in [0.2, 0.25) is 0 Å². The van der Waals surface area contributed by atoms with Gasteiger partial charge in [0.1, 0.15) is 0 Å². The van der Waals surface area contributed by atoms with Crippen molar-refractivity contribution in [3.8, 4) is 11.5 Å². The number of carbonyl (C=O) groups excluding carboxylic acids is 1. The number of hydrogen-bond acceptors (Lipinski definition) is 8. The number of nitrogens with zero attached hydrogens (tertiary/aromatic N) is 3. The number of benzene rings is 2. The van der Waals surface area contributed by atoms with Crippen LogP contribution in [0.2, 0.25) is 0 Å². The second-order valence-corrected chi connectivity index (χ2v) is 7.42. The molecule has 10 nitrogen and oxygen atoms in total. The fourth-order valence-electron chi connectivity index (χ4n) is 2.25. The Morgan fingerprint density at radius 3 is 2.41 bits per heavy atom. The smallest absolute Gasteiger partial charge is 0.322 e. The summed E-state index contributed by atoms with van der Waals surface area (Å²) in [5.41, 5.74) is 0.212. The van der Waals surface area contributed by atoms with Crippen LogP contribution in [0, 0.1) is 10.1 Å². The average Bonchev–Trinajstić information content (AvgIpc) is 3.09. The van der Waals surface area contributed by atoms with Crippen molar-refractivity contribution >= 4 is 27.4 Å². The molecule has 1 amide bonds. The molecule has 1 heterocycles. The predicted octanol–water partition coefficient (Wildman–Crippen LogP) is 2.30. The Labute approximate surface area is 152 Å². The summed E-state index contributed by atoms with van der Waals surface area (Å²) in [4.78, 5) is 22.2. The number of amides is 1. The van der Waals surface area contributed by atoms with Gasteiger partial charge in [-0.05, 0) is 24.3 Å². The van der Waals surface area contributed by atoms with E-state index in [1.807, 2.05) is 0 Å². The Balaban J connectivity index is 1.83. The monoisotopic (exact) mass is 388 g/mol. The summed E-state index contributed by atoms with van der Waals surface area (Å²) in [7, 11) is -3.52. The van der Waals surface area contributed by atoms with Gasteiger partial charge in [-0.1, -0.05) is 17.2 Å². The molecule has 11 heteroatoms. The molecular formula is C16H12N4O6S. The molecule has 0 saturated heterocycles. The van der Waals surface area contributed by atoms with Crippen molar-refractivity contribution in [2.45, 2.75) is 4.90 Å². The molecule has 0 bridgehead atoms. The summed E-state index contributed by atoms with van der Waals surface area (Å²) >= 11 is 0. The number of aromatic nitrogens is 2. The van der Waals surface area contributed by atoms with Gasteiger partial charge in [0, 0.05) is 24.0 Å². The van der Waals surface area contributed by atoms with E-state index >= 15 is 0 Å². The highest BCUT2D eigenvalue weighted by molar-refractivity contribution is 7.90. The van der Waals surface area contributed by atoms with Gasteiger partial charge in [-0.25, -0.2) is 8.42 Å². The molecule has 27 heavy (non-hydrogen) atoms. The second kappa shape index (κ2) is 6.96. The van der Waals surface area contributed by atoms with E-state index in [2.05, 4.69) is 15.5 Å². The lowest BCUT2D eigenvalue weighted by atomic mass is 10.2. The van der Waals surface area contributed by atoms with Gasteiger partial charge >= 0.3 is 6.01 Å². The normalized spacial score (nSPS) is 11.1. The lowest BCUT2D eigenvalue weighted by Crippen LogP contribution is -2.12. The van der Waals surface area contributed by atoms with Crippen LogP contribution in [-0.2, 0) is 9.84 Å². The fraction of sp³-hybridized carbons (Fsp3) is 0.0625. The van der Waals surface area contributed by atoms with E-state index < -0.39 is 20.7 Å². The van der Waals surface area contributed by atoms with E-state index in [4.69, 9.17) is 4.42 Å². The van der Waals surface area contributed by atoms with Crippen LogP contribution in [0.5, 0.6) is 0 Å². The quantitative estimate of drug-likeness (QED) is 0.517. The minimum atomic E-state index is -3.52. The number of carbonyl (C=O) groups is 1. The Kier molecular flexibility index (Phi) is 4.69. The lowest BCUT2D eigenvalue weighted by molar-refractivity contribution is -0.384. The highest BCUT2D eigenvalue weighted by Gasteiger charge is 2.19. The number of sulfone groups is 1. The first-order valence-corrected chi connectivity index (χ1v) is 9.33. The number of anilines is 1. The van der Waals surface area contributed by atoms with Gasteiger partial charge < -0.3 is 4.42 Å². The molecule has 0 fully saturated rings. The van der Waals surface area contributed by atoms with Crippen molar-refractivity contribution in [3.05, 3.63) is 64.2 Å².